The predicted octanol–water partition coefficient (Wildman–Crippen LogP) is 2.25. The summed E-state index contributed by atoms with van der Waals surface area (Å²) in [5.41, 5.74) is 1.11. The van der Waals surface area contributed by atoms with E-state index in [9.17, 15) is 9.59 Å². The normalized spacial score (nSPS) is 15.2. The van der Waals surface area contributed by atoms with E-state index < -0.39 is 11.9 Å². The number of carboxylic acids is 1. The smallest absolute Gasteiger partial charge is 0.321 e. The van der Waals surface area contributed by atoms with Gasteiger partial charge in [-0.2, -0.15) is 0 Å². The van der Waals surface area contributed by atoms with Gasteiger partial charge in [0.25, 0.3) is 0 Å². The van der Waals surface area contributed by atoms with E-state index in [1.54, 1.807) is 6.92 Å². The van der Waals surface area contributed by atoms with Gasteiger partial charge in [0, 0.05) is 11.4 Å². The van der Waals surface area contributed by atoms with Gasteiger partial charge in [0.15, 0.2) is 5.13 Å². The summed E-state index contributed by atoms with van der Waals surface area (Å²) in [7, 11) is 0. The number of nitrogens with one attached hydrogen (secondary N) is 2. The molecule has 1 aliphatic rings. The van der Waals surface area contributed by atoms with Gasteiger partial charge in [0.1, 0.15) is 0 Å². The van der Waals surface area contributed by atoms with Crippen LogP contribution in [-0.2, 0) is 17.6 Å². The first kappa shape index (κ1) is 14.8. The molecule has 7 heteroatoms. The first-order chi connectivity index (χ1) is 9.56. The van der Waals surface area contributed by atoms with Crippen LogP contribution >= 0.6 is 11.3 Å². The summed E-state index contributed by atoms with van der Waals surface area (Å²) < 4.78 is 0. The maximum atomic E-state index is 11.7. The molecule has 110 valence electrons. The number of carboxylic acid groups (broad SMARTS) is 1. The van der Waals surface area contributed by atoms with Crippen LogP contribution in [0.3, 0.4) is 0 Å². The summed E-state index contributed by atoms with van der Waals surface area (Å²) in [4.78, 5) is 28.0. The lowest BCUT2D eigenvalue weighted by Gasteiger charge is -2.07. The van der Waals surface area contributed by atoms with Crippen molar-refractivity contribution >= 4 is 28.5 Å². The number of urea groups is 1. The molecule has 6 nitrogen and oxygen atoms in total. The highest BCUT2D eigenvalue weighted by atomic mass is 32.1. The minimum atomic E-state index is -0.847. The highest BCUT2D eigenvalue weighted by Crippen LogP contribution is 2.29. The Morgan fingerprint density at radius 3 is 2.85 bits per heavy atom. The molecule has 0 radical (unpaired) electrons. The maximum absolute atomic E-state index is 11.7. The number of nitrogens with zero attached hydrogens (tertiary/aromatic N) is 1. The molecular weight excluding hydrogens is 278 g/mol. The van der Waals surface area contributed by atoms with E-state index in [0.29, 0.717) is 18.1 Å². The van der Waals surface area contributed by atoms with Crippen molar-refractivity contribution < 1.29 is 14.7 Å². The molecular formula is C13H19N3O3S. The minimum absolute atomic E-state index is 0.325. The summed E-state index contributed by atoms with van der Waals surface area (Å²) in [6.45, 7) is 1.96. The van der Waals surface area contributed by atoms with Crippen molar-refractivity contribution in [2.24, 2.45) is 5.92 Å². The first-order valence-corrected chi connectivity index (χ1v) is 7.64. The van der Waals surface area contributed by atoms with Gasteiger partial charge < -0.3 is 10.4 Å². The van der Waals surface area contributed by atoms with Crippen LogP contribution in [0.25, 0.3) is 0 Å². The SMILES string of the molecule is CC(CCNC(=O)Nc1nc2c(s1)CCCC2)C(=O)O. The number of anilines is 1. The molecule has 3 N–H and O–H groups in total. The largest absolute Gasteiger partial charge is 0.481 e. The molecule has 1 aliphatic carbocycles. The van der Waals surface area contributed by atoms with Gasteiger partial charge in [-0.3, -0.25) is 10.1 Å². The molecule has 20 heavy (non-hydrogen) atoms. The highest BCUT2D eigenvalue weighted by Gasteiger charge is 2.16. The number of carbonyl (C=O) groups is 2. The lowest BCUT2D eigenvalue weighted by atomic mass is 10.0. The van der Waals surface area contributed by atoms with Crippen molar-refractivity contribution in [2.75, 3.05) is 11.9 Å². The summed E-state index contributed by atoms with van der Waals surface area (Å²) >= 11 is 1.53. The van der Waals surface area contributed by atoms with E-state index >= 15 is 0 Å². The van der Waals surface area contributed by atoms with Crippen molar-refractivity contribution in [1.29, 1.82) is 0 Å². The second-order valence-corrected chi connectivity index (χ2v) is 6.09. The summed E-state index contributed by atoms with van der Waals surface area (Å²) in [5.74, 6) is -1.30. The Balaban J connectivity index is 1.77. The number of hydrogen-bond acceptors (Lipinski definition) is 4. The molecule has 0 saturated heterocycles. The second-order valence-electron chi connectivity index (χ2n) is 5.00. The van der Waals surface area contributed by atoms with Crippen molar-refractivity contribution in [2.45, 2.75) is 39.0 Å². The Labute approximate surface area is 121 Å². The molecule has 1 heterocycles. The van der Waals surface area contributed by atoms with Crippen molar-refractivity contribution in [1.82, 2.24) is 10.3 Å². The standard InChI is InChI=1S/C13H19N3O3S/c1-8(11(17)18)6-7-14-12(19)16-13-15-9-4-2-3-5-10(9)20-13/h8H,2-7H2,1H3,(H,17,18)(H2,14,15,16,19). The Morgan fingerprint density at radius 1 is 1.40 bits per heavy atom. The molecule has 0 saturated carbocycles. The van der Waals surface area contributed by atoms with Gasteiger partial charge in [0.05, 0.1) is 11.6 Å². The second kappa shape index (κ2) is 6.69. The van der Waals surface area contributed by atoms with Gasteiger partial charge in [0.2, 0.25) is 0 Å². The summed E-state index contributed by atoms with van der Waals surface area (Å²) in [5, 5.41) is 14.7. The van der Waals surface area contributed by atoms with Crippen molar-refractivity contribution in [3.05, 3.63) is 10.6 Å². The van der Waals surface area contributed by atoms with Gasteiger partial charge in [-0.1, -0.05) is 6.92 Å². The molecule has 0 spiro atoms. The fourth-order valence-electron chi connectivity index (χ4n) is 2.07. The zero-order valence-corrected chi connectivity index (χ0v) is 12.3. The maximum Gasteiger partial charge on any atom is 0.321 e. The monoisotopic (exact) mass is 297 g/mol. The predicted molar refractivity (Wildman–Crippen MR) is 77.2 cm³/mol. The number of fused-ring (bicyclic) bond motifs is 1. The number of aliphatic carboxylic acids is 1. The van der Waals surface area contributed by atoms with Gasteiger partial charge in [-0.05, 0) is 32.1 Å². The average molecular weight is 297 g/mol. The van der Waals surface area contributed by atoms with Crippen LogP contribution in [0.5, 0.6) is 0 Å². The van der Waals surface area contributed by atoms with Gasteiger partial charge >= 0.3 is 12.0 Å². The zero-order valence-electron chi connectivity index (χ0n) is 11.4. The van der Waals surface area contributed by atoms with E-state index in [0.717, 1.165) is 25.0 Å². The van der Waals surface area contributed by atoms with Crippen molar-refractivity contribution in [3.8, 4) is 0 Å². The fraction of sp³-hybridized carbons (Fsp3) is 0.615. The molecule has 0 aliphatic heterocycles. The Hall–Kier alpha value is -1.63. The van der Waals surface area contributed by atoms with E-state index in [2.05, 4.69) is 15.6 Å². The quantitative estimate of drug-likeness (QED) is 0.777. The van der Waals surface area contributed by atoms with Crippen LogP contribution in [0.4, 0.5) is 9.93 Å². The van der Waals surface area contributed by atoms with E-state index in [1.807, 2.05) is 0 Å². The first-order valence-electron chi connectivity index (χ1n) is 6.82. The number of thiazole rings is 1. The van der Waals surface area contributed by atoms with Gasteiger partial charge in [-0.15, -0.1) is 11.3 Å². The van der Waals surface area contributed by atoms with E-state index in [4.69, 9.17) is 5.11 Å². The zero-order chi connectivity index (χ0) is 14.5. The highest BCUT2D eigenvalue weighted by molar-refractivity contribution is 7.15. The molecule has 1 aromatic rings. The molecule has 1 aromatic heterocycles. The van der Waals surface area contributed by atoms with Crippen LogP contribution in [-0.4, -0.2) is 28.6 Å². The molecule has 2 rings (SSSR count). The Bertz CT molecular complexity index is 478. The molecule has 2 amide bonds. The molecule has 1 atom stereocenters. The molecule has 1 unspecified atom stereocenters. The lowest BCUT2D eigenvalue weighted by Crippen LogP contribution is -2.31. The number of aryl methyl sites for hydroxylation is 2. The molecule has 0 bridgehead atoms. The van der Waals surface area contributed by atoms with Crippen LogP contribution in [0, 0.1) is 5.92 Å². The number of rotatable bonds is 5. The Morgan fingerprint density at radius 2 is 2.15 bits per heavy atom. The number of aromatic nitrogens is 1. The summed E-state index contributed by atoms with van der Waals surface area (Å²) in [6.07, 6.45) is 4.80. The van der Waals surface area contributed by atoms with Crippen LogP contribution in [0.1, 0.15) is 36.8 Å². The third-order valence-electron chi connectivity index (χ3n) is 3.35. The number of hydrogen-bond donors (Lipinski definition) is 3. The molecule has 0 aromatic carbocycles. The third-order valence-corrected chi connectivity index (χ3v) is 4.42. The van der Waals surface area contributed by atoms with Crippen LogP contribution < -0.4 is 10.6 Å². The number of amides is 2. The van der Waals surface area contributed by atoms with Crippen LogP contribution in [0.2, 0.25) is 0 Å². The third kappa shape index (κ3) is 3.93. The topological polar surface area (TPSA) is 91.3 Å². The average Bonchev–Trinajstić information content (AvgIpc) is 2.80. The van der Waals surface area contributed by atoms with Crippen molar-refractivity contribution in [3.63, 3.8) is 0 Å². The van der Waals surface area contributed by atoms with E-state index in [-0.39, 0.29) is 6.03 Å². The molecule has 0 fully saturated rings. The van der Waals surface area contributed by atoms with E-state index in [1.165, 1.54) is 22.6 Å². The van der Waals surface area contributed by atoms with Gasteiger partial charge in [-0.25, -0.2) is 9.78 Å². The van der Waals surface area contributed by atoms with Crippen LogP contribution in [0.15, 0.2) is 0 Å². The number of carbonyl (C=O) groups excluding carboxylic acids is 1. The minimum Gasteiger partial charge on any atom is -0.481 e. The fourth-order valence-corrected chi connectivity index (χ4v) is 3.12. The Kier molecular flexibility index (Phi) is 4.94. The lowest BCUT2D eigenvalue weighted by molar-refractivity contribution is -0.141. The summed E-state index contributed by atoms with van der Waals surface area (Å²) in [6, 6.07) is -0.325.